The average molecular weight is 328 g/mol. The predicted octanol–water partition coefficient (Wildman–Crippen LogP) is 2.70. The summed E-state index contributed by atoms with van der Waals surface area (Å²) in [5.41, 5.74) is 6.08. The van der Waals surface area contributed by atoms with Crippen LogP contribution in [0.25, 0.3) is 21.8 Å². The maximum absolute atomic E-state index is 11.3. The Kier molecular flexibility index (Phi) is 3.59. The van der Waals surface area contributed by atoms with Gasteiger partial charge in [-0.05, 0) is 18.2 Å². The minimum Gasteiger partial charge on any atom is -0.461 e. The van der Waals surface area contributed by atoms with Gasteiger partial charge >= 0.3 is 0 Å². The summed E-state index contributed by atoms with van der Waals surface area (Å²) in [6, 6.07) is 5.67. The molecule has 0 saturated carbocycles. The highest BCUT2D eigenvalue weighted by Crippen LogP contribution is 2.31. The van der Waals surface area contributed by atoms with Crippen LogP contribution in [-0.4, -0.2) is 33.7 Å². The van der Waals surface area contributed by atoms with E-state index in [4.69, 9.17) is 10.2 Å². The van der Waals surface area contributed by atoms with E-state index < -0.39 is 0 Å². The zero-order valence-electron chi connectivity index (χ0n) is 12.5. The van der Waals surface area contributed by atoms with Gasteiger partial charge in [-0.2, -0.15) is 0 Å². The molecule has 0 bridgehead atoms. The number of carbonyl (C=O) groups is 1. The third-order valence-corrected chi connectivity index (χ3v) is 5.02. The topological polar surface area (TPSA) is 85.2 Å². The molecule has 118 valence electrons. The van der Waals surface area contributed by atoms with Gasteiger partial charge in [0.15, 0.2) is 11.6 Å². The van der Waals surface area contributed by atoms with Crippen LogP contribution in [0.2, 0.25) is 0 Å². The quantitative estimate of drug-likeness (QED) is 0.795. The number of ketones is 1. The van der Waals surface area contributed by atoms with Crippen molar-refractivity contribution in [1.29, 1.82) is 0 Å². The van der Waals surface area contributed by atoms with Crippen LogP contribution in [0, 0.1) is 0 Å². The number of fused-ring (bicyclic) bond motifs is 1. The molecule has 0 radical (unpaired) electrons. The van der Waals surface area contributed by atoms with Crippen molar-refractivity contribution in [3.8, 4) is 11.6 Å². The summed E-state index contributed by atoms with van der Waals surface area (Å²) >= 11 is 1.62. The fourth-order valence-corrected chi connectivity index (χ4v) is 3.85. The zero-order chi connectivity index (χ0) is 15.8. The second kappa shape index (κ2) is 5.75. The van der Waals surface area contributed by atoms with Gasteiger partial charge in [0, 0.05) is 37.4 Å². The number of nitrogens with two attached hydrogens (primary N) is 1. The Hall–Kier alpha value is -2.25. The lowest BCUT2D eigenvalue weighted by Crippen LogP contribution is -2.32. The van der Waals surface area contributed by atoms with Crippen LogP contribution in [0.15, 0.2) is 28.9 Å². The molecule has 1 aliphatic heterocycles. The van der Waals surface area contributed by atoms with Gasteiger partial charge in [0.2, 0.25) is 0 Å². The summed E-state index contributed by atoms with van der Waals surface area (Å²) in [6.45, 7) is 2.47. The van der Waals surface area contributed by atoms with Crippen molar-refractivity contribution in [2.45, 2.75) is 19.4 Å². The Morgan fingerprint density at radius 3 is 2.87 bits per heavy atom. The van der Waals surface area contributed by atoms with E-state index in [9.17, 15) is 4.79 Å². The van der Waals surface area contributed by atoms with E-state index in [-0.39, 0.29) is 0 Å². The number of piperidine rings is 1. The molecule has 0 spiro atoms. The number of nitrogen functional groups attached to an aromatic ring is 1. The van der Waals surface area contributed by atoms with Gasteiger partial charge in [-0.3, -0.25) is 9.69 Å². The van der Waals surface area contributed by atoms with E-state index in [0.717, 1.165) is 29.9 Å². The highest BCUT2D eigenvalue weighted by Gasteiger charge is 2.18. The Bertz CT molecular complexity index is 846. The van der Waals surface area contributed by atoms with E-state index in [0.29, 0.717) is 36.0 Å². The number of hydrogen-bond acceptors (Lipinski definition) is 7. The second-order valence-electron chi connectivity index (χ2n) is 5.66. The summed E-state index contributed by atoms with van der Waals surface area (Å²) < 4.78 is 5.35. The number of nitrogens with zero attached hydrogens (tertiary/aromatic N) is 3. The summed E-state index contributed by atoms with van der Waals surface area (Å²) in [4.78, 5) is 24.6. The summed E-state index contributed by atoms with van der Waals surface area (Å²) in [5.74, 6) is 1.95. The molecule has 0 amide bonds. The van der Waals surface area contributed by atoms with Crippen LogP contribution in [0.4, 0.5) is 5.82 Å². The molecule has 0 unspecified atom stereocenters. The van der Waals surface area contributed by atoms with E-state index in [1.165, 1.54) is 4.88 Å². The molecular weight excluding hydrogens is 312 g/mol. The molecule has 6 nitrogen and oxygen atoms in total. The van der Waals surface area contributed by atoms with E-state index in [1.807, 2.05) is 6.07 Å². The van der Waals surface area contributed by atoms with Crippen LogP contribution in [-0.2, 0) is 11.3 Å². The minimum atomic E-state index is 0.357. The molecule has 3 aromatic heterocycles. The van der Waals surface area contributed by atoms with Gasteiger partial charge in [0.05, 0.1) is 11.6 Å². The molecule has 7 heteroatoms. The molecule has 0 aromatic carbocycles. The second-order valence-corrected chi connectivity index (χ2v) is 6.77. The number of aromatic nitrogens is 2. The fourth-order valence-electron chi connectivity index (χ4n) is 2.77. The van der Waals surface area contributed by atoms with Crippen molar-refractivity contribution < 1.29 is 9.21 Å². The molecule has 3 aromatic rings. The highest BCUT2D eigenvalue weighted by atomic mass is 32.1. The fraction of sp³-hybridized carbons (Fsp3) is 0.312. The van der Waals surface area contributed by atoms with Crippen LogP contribution in [0.5, 0.6) is 0 Å². The molecular formula is C16H16N4O2S. The van der Waals surface area contributed by atoms with Crippen molar-refractivity contribution >= 4 is 33.2 Å². The summed E-state index contributed by atoms with van der Waals surface area (Å²) in [5, 5.41) is 0.883. The van der Waals surface area contributed by atoms with Gasteiger partial charge in [0.25, 0.3) is 0 Å². The normalized spacial score (nSPS) is 16.3. The number of anilines is 1. The van der Waals surface area contributed by atoms with Crippen molar-refractivity contribution in [2.75, 3.05) is 18.8 Å². The zero-order valence-corrected chi connectivity index (χ0v) is 13.3. The van der Waals surface area contributed by atoms with Crippen LogP contribution in [0.3, 0.4) is 0 Å². The molecule has 1 aliphatic rings. The standard InChI is InChI=1S/C16H16N4O2S/c17-14-12-8-11(9-20-5-3-10(21)4-6-20)23-16(12)19-15(18-14)13-2-1-7-22-13/h1-2,7-8H,3-6,9H2,(H2,17,18,19). The van der Waals surface area contributed by atoms with Gasteiger partial charge in [-0.1, -0.05) is 0 Å². The molecule has 4 heterocycles. The van der Waals surface area contributed by atoms with E-state index >= 15 is 0 Å². The number of carbonyl (C=O) groups excluding carboxylic acids is 1. The van der Waals surface area contributed by atoms with Gasteiger partial charge in [-0.15, -0.1) is 11.3 Å². The number of Topliss-reactive ketones (excluding diaryl/α,β-unsaturated/α-hetero) is 1. The predicted molar refractivity (Wildman–Crippen MR) is 89.0 cm³/mol. The van der Waals surface area contributed by atoms with Crippen molar-refractivity contribution in [3.05, 3.63) is 29.3 Å². The smallest absolute Gasteiger partial charge is 0.199 e. The van der Waals surface area contributed by atoms with Crippen molar-refractivity contribution in [1.82, 2.24) is 14.9 Å². The average Bonchev–Trinajstić information content (AvgIpc) is 3.19. The first kappa shape index (κ1) is 14.3. The first-order valence-electron chi connectivity index (χ1n) is 7.53. The number of likely N-dealkylation sites (tertiary alicyclic amines) is 1. The van der Waals surface area contributed by atoms with Gasteiger partial charge in [0.1, 0.15) is 16.4 Å². The lowest BCUT2D eigenvalue weighted by atomic mass is 10.1. The first-order chi connectivity index (χ1) is 11.2. The Morgan fingerprint density at radius 2 is 2.13 bits per heavy atom. The van der Waals surface area contributed by atoms with Crippen LogP contribution < -0.4 is 5.73 Å². The summed E-state index contributed by atoms with van der Waals surface area (Å²) in [6.07, 6.45) is 2.89. The van der Waals surface area contributed by atoms with Crippen molar-refractivity contribution in [2.24, 2.45) is 0 Å². The van der Waals surface area contributed by atoms with Crippen LogP contribution >= 0.6 is 11.3 Å². The van der Waals surface area contributed by atoms with Crippen molar-refractivity contribution in [3.63, 3.8) is 0 Å². The molecule has 23 heavy (non-hydrogen) atoms. The Balaban J connectivity index is 1.62. The van der Waals surface area contributed by atoms with Crippen LogP contribution in [0.1, 0.15) is 17.7 Å². The largest absolute Gasteiger partial charge is 0.461 e. The number of furan rings is 1. The van der Waals surface area contributed by atoms with E-state index in [1.54, 1.807) is 23.7 Å². The monoisotopic (exact) mass is 328 g/mol. The first-order valence-corrected chi connectivity index (χ1v) is 8.34. The third kappa shape index (κ3) is 2.85. The SMILES string of the molecule is Nc1nc(-c2ccco2)nc2sc(CN3CCC(=O)CC3)cc12. The third-order valence-electron chi connectivity index (χ3n) is 4.01. The lowest BCUT2D eigenvalue weighted by molar-refractivity contribution is -0.121. The molecule has 2 N–H and O–H groups in total. The van der Waals surface area contributed by atoms with E-state index in [2.05, 4.69) is 20.9 Å². The number of hydrogen-bond donors (Lipinski definition) is 1. The van der Waals surface area contributed by atoms with Gasteiger partial charge in [-0.25, -0.2) is 9.97 Å². The maximum atomic E-state index is 11.3. The molecule has 0 aliphatic carbocycles. The van der Waals surface area contributed by atoms with Gasteiger partial charge < -0.3 is 10.2 Å². The number of rotatable bonds is 3. The molecule has 1 fully saturated rings. The Morgan fingerprint density at radius 1 is 1.30 bits per heavy atom. The maximum Gasteiger partial charge on any atom is 0.199 e. The molecule has 0 atom stereocenters. The highest BCUT2D eigenvalue weighted by molar-refractivity contribution is 7.18. The summed E-state index contributed by atoms with van der Waals surface area (Å²) in [7, 11) is 0. The molecule has 1 saturated heterocycles. The lowest BCUT2D eigenvalue weighted by Gasteiger charge is -2.24. The number of thiophene rings is 1. The minimum absolute atomic E-state index is 0.357. The Labute approximate surface area is 136 Å². The molecule has 4 rings (SSSR count).